The van der Waals surface area contributed by atoms with Gasteiger partial charge in [-0.25, -0.2) is 14.3 Å². The Labute approximate surface area is 141 Å². The van der Waals surface area contributed by atoms with Gasteiger partial charge in [-0.1, -0.05) is 0 Å². The number of carbonyl (C=O) groups is 2. The Hall–Kier alpha value is -2.36. The predicted octanol–water partition coefficient (Wildman–Crippen LogP) is 2.81. The number of hydrogen-bond acceptors (Lipinski definition) is 6. The SMILES string of the molecule is CC(C)(C)OC(=O)c1cc(C(=O)OC(C)(C)C)n(C2(C#N)CC2)n1. The molecule has 1 saturated carbocycles. The van der Waals surface area contributed by atoms with Crippen molar-refractivity contribution in [2.45, 2.75) is 71.1 Å². The van der Waals surface area contributed by atoms with Gasteiger partial charge in [-0.2, -0.15) is 10.4 Å². The summed E-state index contributed by atoms with van der Waals surface area (Å²) in [5.41, 5.74) is -2.18. The van der Waals surface area contributed by atoms with Gasteiger partial charge in [-0.05, 0) is 54.4 Å². The highest BCUT2D eigenvalue weighted by atomic mass is 16.6. The van der Waals surface area contributed by atoms with Crippen LogP contribution in [0.4, 0.5) is 0 Å². The average Bonchev–Trinajstić information content (AvgIpc) is 3.05. The molecule has 0 spiro atoms. The minimum absolute atomic E-state index is 0.00712. The van der Waals surface area contributed by atoms with E-state index in [1.165, 1.54) is 10.7 Å². The summed E-state index contributed by atoms with van der Waals surface area (Å²) in [6.07, 6.45) is 1.16. The molecule has 1 aliphatic carbocycles. The Bertz CT molecular complexity index is 710. The molecule has 1 aliphatic rings. The van der Waals surface area contributed by atoms with E-state index in [4.69, 9.17) is 9.47 Å². The minimum Gasteiger partial charge on any atom is -0.455 e. The Morgan fingerprint density at radius 3 is 2.04 bits per heavy atom. The van der Waals surface area contributed by atoms with E-state index in [1.807, 2.05) is 0 Å². The van der Waals surface area contributed by atoms with Crippen molar-refractivity contribution in [2.75, 3.05) is 0 Å². The van der Waals surface area contributed by atoms with Crippen LogP contribution in [-0.4, -0.2) is 32.9 Å². The van der Waals surface area contributed by atoms with Crippen LogP contribution in [0.3, 0.4) is 0 Å². The number of nitrogens with zero attached hydrogens (tertiary/aromatic N) is 3. The standard InChI is InChI=1S/C17H23N3O4/c1-15(2,3)23-13(21)11-9-12(14(22)24-16(4,5)6)20(19-11)17(10-18)7-8-17/h9H,7-8H2,1-6H3. The van der Waals surface area contributed by atoms with Crippen LogP contribution in [0.2, 0.25) is 0 Å². The summed E-state index contributed by atoms with van der Waals surface area (Å²) in [5.74, 6) is -1.26. The van der Waals surface area contributed by atoms with Gasteiger partial charge in [-0.3, -0.25) is 0 Å². The van der Waals surface area contributed by atoms with E-state index in [0.29, 0.717) is 12.8 Å². The third-order valence-electron chi connectivity index (χ3n) is 3.26. The monoisotopic (exact) mass is 333 g/mol. The fraction of sp³-hybridized carbons (Fsp3) is 0.647. The van der Waals surface area contributed by atoms with Crippen LogP contribution in [0.5, 0.6) is 0 Å². The Balaban J connectivity index is 2.40. The number of rotatable bonds is 3. The van der Waals surface area contributed by atoms with Gasteiger partial charge in [0.25, 0.3) is 0 Å². The van der Waals surface area contributed by atoms with Crippen molar-refractivity contribution in [3.05, 3.63) is 17.5 Å². The molecule has 0 aliphatic heterocycles. The molecule has 7 nitrogen and oxygen atoms in total. The second-order valence-corrected chi connectivity index (χ2v) is 7.97. The van der Waals surface area contributed by atoms with Crippen molar-refractivity contribution < 1.29 is 19.1 Å². The fourth-order valence-electron chi connectivity index (χ4n) is 2.10. The highest BCUT2D eigenvalue weighted by Gasteiger charge is 2.49. The van der Waals surface area contributed by atoms with Gasteiger partial charge in [0, 0.05) is 6.07 Å². The summed E-state index contributed by atoms with van der Waals surface area (Å²) < 4.78 is 12.0. The third kappa shape index (κ3) is 3.94. The molecule has 130 valence electrons. The molecule has 0 unspecified atom stereocenters. The lowest BCUT2D eigenvalue weighted by molar-refractivity contribution is 0.00455. The first-order valence-corrected chi connectivity index (χ1v) is 7.85. The zero-order chi connectivity index (χ0) is 18.3. The molecular weight excluding hydrogens is 310 g/mol. The van der Waals surface area contributed by atoms with Gasteiger partial charge < -0.3 is 9.47 Å². The molecule has 1 fully saturated rings. The summed E-state index contributed by atoms with van der Waals surface area (Å²) in [6, 6.07) is 3.50. The molecule has 0 N–H and O–H groups in total. The molecule has 1 heterocycles. The number of carbonyl (C=O) groups excluding carboxylic acids is 2. The maximum Gasteiger partial charge on any atom is 0.359 e. The first-order chi connectivity index (χ1) is 10.9. The molecule has 24 heavy (non-hydrogen) atoms. The lowest BCUT2D eigenvalue weighted by atomic mass is 10.2. The predicted molar refractivity (Wildman–Crippen MR) is 85.4 cm³/mol. The third-order valence-corrected chi connectivity index (χ3v) is 3.26. The van der Waals surface area contributed by atoms with Crippen LogP contribution < -0.4 is 0 Å². The van der Waals surface area contributed by atoms with Crippen molar-refractivity contribution in [2.24, 2.45) is 0 Å². The number of nitriles is 1. The molecule has 1 aromatic rings. The summed E-state index contributed by atoms with van der Waals surface area (Å²) >= 11 is 0. The second-order valence-electron chi connectivity index (χ2n) is 7.97. The van der Waals surface area contributed by atoms with E-state index < -0.39 is 28.7 Å². The van der Waals surface area contributed by atoms with E-state index >= 15 is 0 Å². The summed E-state index contributed by atoms with van der Waals surface area (Å²) in [6.45, 7) is 10.5. The van der Waals surface area contributed by atoms with Gasteiger partial charge in [0.15, 0.2) is 5.69 Å². The molecular formula is C17H23N3O4. The molecule has 0 bridgehead atoms. The zero-order valence-corrected chi connectivity index (χ0v) is 15.0. The van der Waals surface area contributed by atoms with Gasteiger partial charge >= 0.3 is 11.9 Å². The van der Waals surface area contributed by atoms with Crippen LogP contribution in [-0.2, 0) is 15.0 Å². The molecule has 0 radical (unpaired) electrons. The van der Waals surface area contributed by atoms with Gasteiger partial charge in [0.05, 0.1) is 6.07 Å². The lowest BCUT2D eigenvalue weighted by Gasteiger charge is -2.20. The number of aromatic nitrogens is 2. The Morgan fingerprint density at radius 2 is 1.62 bits per heavy atom. The molecule has 0 saturated heterocycles. The molecule has 0 amide bonds. The highest BCUT2D eigenvalue weighted by Crippen LogP contribution is 2.43. The molecule has 2 rings (SSSR count). The van der Waals surface area contributed by atoms with Crippen molar-refractivity contribution >= 4 is 11.9 Å². The number of esters is 2. The Kier molecular flexibility index (Phi) is 4.21. The van der Waals surface area contributed by atoms with E-state index in [2.05, 4.69) is 11.2 Å². The van der Waals surface area contributed by atoms with E-state index in [1.54, 1.807) is 41.5 Å². The summed E-state index contributed by atoms with van der Waals surface area (Å²) in [4.78, 5) is 24.7. The maximum absolute atomic E-state index is 12.4. The van der Waals surface area contributed by atoms with Crippen LogP contribution in [0.1, 0.15) is 75.4 Å². The number of ether oxygens (including phenoxy) is 2. The largest absolute Gasteiger partial charge is 0.455 e. The van der Waals surface area contributed by atoms with Crippen LogP contribution >= 0.6 is 0 Å². The average molecular weight is 333 g/mol. The Morgan fingerprint density at radius 1 is 1.12 bits per heavy atom. The van der Waals surface area contributed by atoms with Crippen molar-refractivity contribution in [3.8, 4) is 6.07 Å². The fourth-order valence-corrected chi connectivity index (χ4v) is 2.10. The normalized spacial score (nSPS) is 16.2. The minimum atomic E-state index is -0.882. The van der Waals surface area contributed by atoms with Gasteiger partial charge in [0.1, 0.15) is 22.4 Å². The summed E-state index contributed by atoms with van der Waals surface area (Å²) in [7, 11) is 0. The summed E-state index contributed by atoms with van der Waals surface area (Å²) in [5, 5.41) is 13.6. The molecule has 0 aromatic carbocycles. The number of hydrogen-bond donors (Lipinski definition) is 0. The second kappa shape index (κ2) is 5.62. The smallest absolute Gasteiger partial charge is 0.359 e. The quantitative estimate of drug-likeness (QED) is 0.789. The van der Waals surface area contributed by atoms with E-state index in [-0.39, 0.29) is 11.4 Å². The van der Waals surface area contributed by atoms with Crippen LogP contribution in [0.25, 0.3) is 0 Å². The lowest BCUT2D eigenvalue weighted by Crippen LogP contribution is -2.28. The first kappa shape index (κ1) is 18.0. The van der Waals surface area contributed by atoms with Gasteiger partial charge in [0.2, 0.25) is 0 Å². The van der Waals surface area contributed by atoms with Crippen molar-refractivity contribution in [1.29, 1.82) is 5.26 Å². The zero-order valence-electron chi connectivity index (χ0n) is 15.0. The van der Waals surface area contributed by atoms with Crippen LogP contribution in [0.15, 0.2) is 6.07 Å². The van der Waals surface area contributed by atoms with Crippen LogP contribution in [0, 0.1) is 11.3 Å². The molecule has 0 atom stereocenters. The molecule has 7 heteroatoms. The van der Waals surface area contributed by atoms with E-state index in [9.17, 15) is 14.9 Å². The highest BCUT2D eigenvalue weighted by molar-refractivity contribution is 5.93. The first-order valence-electron chi connectivity index (χ1n) is 7.85. The van der Waals surface area contributed by atoms with Crippen molar-refractivity contribution in [1.82, 2.24) is 9.78 Å². The van der Waals surface area contributed by atoms with Crippen molar-refractivity contribution in [3.63, 3.8) is 0 Å². The maximum atomic E-state index is 12.4. The topological polar surface area (TPSA) is 94.2 Å². The molecule has 1 aromatic heterocycles. The van der Waals surface area contributed by atoms with E-state index in [0.717, 1.165) is 0 Å². The van der Waals surface area contributed by atoms with Gasteiger partial charge in [-0.15, -0.1) is 0 Å².